The smallest absolute Gasteiger partial charge is 0.257 e. The Morgan fingerprint density at radius 2 is 2.10 bits per heavy atom. The van der Waals surface area contributed by atoms with Crippen molar-refractivity contribution in [2.24, 2.45) is 0 Å². The average Bonchev–Trinajstić information content (AvgIpc) is 3.08. The van der Waals surface area contributed by atoms with Gasteiger partial charge >= 0.3 is 0 Å². The minimum atomic E-state index is -2.66. The second-order valence-corrected chi connectivity index (χ2v) is 7.28. The van der Waals surface area contributed by atoms with Gasteiger partial charge in [0.15, 0.2) is 5.82 Å². The van der Waals surface area contributed by atoms with Crippen LogP contribution in [0.25, 0.3) is 11.0 Å². The number of anilines is 3. The molecule has 148 valence electrons. The molecule has 1 saturated carbocycles. The third-order valence-electron chi connectivity index (χ3n) is 5.29. The zero-order chi connectivity index (χ0) is 20.2. The van der Waals surface area contributed by atoms with Crippen LogP contribution < -0.4 is 11.1 Å². The fourth-order valence-electron chi connectivity index (χ4n) is 3.48. The molecule has 8 nitrogen and oxygen atoms in total. The second-order valence-electron chi connectivity index (χ2n) is 7.28. The van der Waals surface area contributed by atoms with Crippen LogP contribution in [-0.2, 0) is 0 Å². The van der Waals surface area contributed by atoms with E-state index in [0.29, 0.717) is 17.3 Å². The zero-order valence-corrected chi connectivity index (χ0v) is 15.4. The minimum Gasteiger partial charge on any atom is -0.368 e. The normalized spacial score (nSPS) is 18.7. The lowest BCUT2D eigenvalue weighted by Crippen LogP contribution is -2.07. The number of nitrogen functional groups attached to an aromatic ring is 1. The Kier molecular flexibility index (Phi) is 3.76. The zero-order valence-electron chi connectivity index (χ0n) is 15.4. The van der Waals surface area contributed by atoms with E-state index < -0.39 is 11.8 Å². The number of alkyl halides is 2. The molecule has 5 rings (SSSR count). The van der Waals surface area contributed by atoms with Crippen molar-refractivity contribution in [2.75, 3.05) is 11.1 Å². The van der Waals surface area contributed by atoms with Crippen LogP contribution in [0.3, 0.4) is 0 Å². The topological polar surface area (TPSA) is 121 Å². The van der Waals surface area contributed by atoms with Crippen LogP contribution in [0.5, 0.6) is 0 Å². The van der Waals surface area contributed by atoms with Crippen LogP contribution in [0.1, 0.15) is 42.0 Å². The number of nitrogens with zero attached hydrogens (tertiary/aromatic N) is 4. The number of aromatic amines is 2. The van der Waals surface area contributed by atoms with E-state index in [1.807, 2.05) is 25.1 Å². The number of halogens is 2. The summed E-state index contributed by atoms with van der Waals surface area (Å²) in [7, 11) is 0. The first-order valence-electron chi connectivity index (χ1n) is 9.16. The number of hydrogen-bond acceptors (Lipinski definition) is 6. The first-order chi connectivity index (χ1) is 13.9. The van der Waals surface area contributed by atoms with Crippen LogP contribution in [0, 0.1) is 0 Å². The third kappa shape index (κ3) is 3.16. The van der Waals surface area contributed by atoms with Crippen molar-refractivity contribution in [3.05, 3.63) is 53.6 Å². The predicted molar refractivity (Wildman–Crippen MR) is 104 cm³/mol. The van der Waals surface area contributed by atoms with Crippen molar-refractivity contribution in [3.63, 3.8) is 0 Å². The van der Waals surface area contributed by atoms with Gasteiger partial charge in [-0.05, 0) is 17.7 Å². The molecular weight excluding hydrogens is 378 g/mol. The largest absolute Gasteiger partial charge is 0.368 e. The van der Waals surface area contributed by atoms with Crippen LogP contribution in [-0.4, -0.2) is 36.1 Å². The number of imidazole rings is 1. The quantitative estimate of drug-likeness (QED) is 0.408. The van der Waals surface area contributed by atoms with Crippen molar-refractivity contribution in [3.8, 4) is 0 Å². The van der Waals surface area contributed by atoms with E-state index in [-0.39, 0.29) is 18.3 Å². The number of rotatable bonds is 5. The highest BCUT2D eigenvalue weighted by Gasteiger charge is 2.58. The van der Waals surface area contributed by atoms with Crippen LogP contribution in [0.4, 0.5) is 26.4 Å². The summed E-state index contributed by atoms with van der Waals surface area (Å²) in [5, 5.41) is 9.86. The van der Waals surface area contributed by atoms with Gasteiger partial charge in [-0.25, -0.2) is 18.7 Å². The highest BCUT2D eigenvalue weighted by molar-refractivity contribution is 5.75. The maximum absolute atomic E-state index is 13.3. The number of nitrogens with one attached hydrogen (secondary N) is 3. The van der Waals surface area contributed by atoms with Crippen molar-refractivity contribution < 1.29 is 8.78 Å². The lowest BCUT2D eigenvalue weighted by atomic mass is 9.94. The maximum atomic E-state index is 13.3. The fraction of sp³-hybridized carbons (Fsp3) is 0.263. The molecule has 29 heavy (non-hydrogen) atoms. The molecule has 1 aromatic carbocycles. The SMILES string of the molecule is CC(c1ccc2nc[nH]c2c1)c1cnc(N)nc1Nc1cc(C2CC2(F)F)[nH]n1. The van der Waals surface area contributed by atoms with Gasteiger partial charge in [0.1, 0.15) is 5.82 Å². The Morgan fingerprint density at radius 1 is 1.28 bits per heavy atom. The van der Waals surface area contributed by atoms with Crippen molar-refractivity contribution in [2.45, 2.75) is 31.1 Å². The lowest BCUT2D eigenvalue weighted by Gasteiger charge is -2.16. The maximum Gasteiger partial charge on any atom is 0.257 e. The molecule has 3 heterocycles. The molecule has 2 unspecified atom stereocenters. The second kappa shape index (κ2) is 6.23. The molecule has 0 amide bonds. The van der Waals surface area contributed by atoms with E-state index in [1.165, 1.54) is 0 Å². The molecule has 0 bridgehead atoms. The Morgan fingerprint density at radius 3 is 2.90 bits per heavy atom. The van der Waals surface area contributed by atoms with Gasteiger partial charge in [-0.1, -0.05) is 13.0 Å². The molecule has 0 aliphatic heterocycles. The van der Waals surface area contributed by atoms with Gasteiger partial charge in [0.25, 0.3) is 5.92 Å². The number of H-pyrrole nitrogens is 2. The molecule has 0 saturated heterocycles. The molecule has 1 fully saturated rings. The minimum absolute atomic E-state index is 0.0584. The monoisotopic (exact) mass is 396 g/mol. The molecule has 5 N–H and O–H groups in total. The van der Waals surface area contributed by atoms with Gasteiger partial charge in [-0.3, -0.25) is 5.10 Å². The summed E-state index contributed by atoms with van der Waals surface area (Å²) < 4.78 is 26.6. The summed E-state index contributed by atoms with van der Waals surface area (Å²) in [5.74, 6) is -2.53. The van der Waals surface area contributed by atoms with Gasteiger partial charge in [-0.2, -0.15) is 10.1 Å². The van der Waals surface area contributed by atoms with E-state index in [4.69, 9.17) is 5.73 Å². The molecular formula is C19H18F2N8. The molecule has 4 aromatic rings. The molecule has 1 aliphatic carbocycles. The summed E-state index contributed by atoms with van der Waals surface area (Å²) in [6.07, 6.45) is 3.15. The van der Waals surface area contributed by atoms with Gasteiger partial charge < -0.3 is 16.0 Å². The Balaban J connectivity index is 1.45. The van der Waals surface area contributed by atoms with Crippen LogP contribution >= 0.6 is 0 Å². The standard InChI is InChI=1S/C19H18F2N8/c1-9(10-2-3-13-15(4-10)25-8-24-13)11-7-23-18(22)27-17(11)26-16-5-14(28-29-16)12-6-19(12,20)21/h2-5,7-9,12H,6H2,1H3,(H,24,25)(H4,22,23,26,27,28,29). The predicted octanol–water partition coefficient (Wildman–Crippen LogP) is 3.68. The van der Waals surface area contributed by atoms with Gasteiger partial charge in [-0.15, -0.1) is 0 Å². The first kappa shape index (κ1) is 17.5. The van der Waals surface area contributed by atoms with Crippen molar-refractivity contribution >= 4 is 28.6 Å². The average molecular weight is 396 g/mol. The summed E-state index contributed by atoms with van der Waals surface area (Å²) in [6, 6.07) is 7.54. The Bertz CT molecular complexity index is 1200. The fourth-order valence-corrected chi connectivity index (χ4v) is 3.48. The molecule has 0 spiro atoms. The number of aromatic nitrogens is 6. The van der Waals surface area contributed by atoms with E-state index in [9.17, 15) is 8.78 Å². The van der Waals surface area contributed by atoms with Gasteiger partial charge in [0.2, 0.25) is 5.95 Å². The summed E-state index contributed by atoms with van der Waals surface area (Å²) in [6.45, 7) is 2.03. The summed E-state index contributed by atoms with van der Waals surface area (Å²) in [4.78, 5) is 15.8. The Labute approximate surface area is 164 Å². The Hall–Kier alpha value is -3.56. The molecule has 2 atom stereocenters. The highest BCUT2D eigenvalue weighted by atomic mass is 19.3. The van der Waals surface area contributed by atoms with E-state index in [0.717, 1.165) is 22.2 Å². The number of hydrogen-bond donors (Lipinski definition) is 4. The lowest BCUT2D eigenvalue weighted by molar-refractivity contribution is 0.111. The third-order valence-corrected chi connectivity index (χ3v) is 5.29. The molecule has 0 radical (unpaired) electrons. The van der Waals surface area contributed by atoms with Gasteiger partial charge in [0, 0.05) is 35.9 Å². The molecule has 3 aromatic heterocycles. The number of nitrogens with two attached hydrogens (primary N) is 1. The van der Waals surface area contributed by atoms with Crippen LogP contribution in [0.15, 0.2) is 36.8 Å². The van der Waals surface area contributed by atoms with E-state index in [2.05, 4.69) is 35.5 Å². The van der Waals surface area contributed by atoms with Gasteiger partial charge in [0.05, 0.1) is 23.3 Å². The first-order valence-corrected chi connectivity index (χ1v) is 9.16. The van der Waals surface area contributed by atoms with Crippen molar-refractivity contribution in [1.82, 2.24) is 30.1 Å². The number of benzene rings is 1. The molecule has 10 heteroatoms. The number of fused-ring (bicyclic) bond motifs is 1. The van der Waals surface area contributed by atoms with E-state index in [1.54, 1.807) is 18.6 Å². The van der Waals surface area contributed by atoms with Crippen molar-refractivity contribution in [1.29, 1.82) is 0 Å². The summed E-state index contributed by atoms with van der Waals surface area (Å²) >= 11 is 0. The van der Waals surface area contributed by atoms with E-state index >= 15 is 0 Å². The molecule has 1 aliphatic rings. The highest BCUT2D eigenvalue weighted by Crippen LogP contribution is 2.55. The van der Waals surface area contributed by atoms with Crippen LogP contribution in [0.2, 0.25) is 0 Å². The summed E-state index contributed by atoms with van der Waals surface area (Å²) in [5.41, 5.74) is 9.84.